The van der Waals surface area contributed by atoms with Crippen LogP contribution in [0.4, 0.5) is 18.9 Å². The third kappa shape index (κ3) is 8.32. The summed E-state index contributed by atoms with van der Waals surface area (Å²) in [5.74, 6) is -1.23. The van der Waals surface area contributed by atoms with Crippen molar-refractivity contribution < 1.29 is 31.2 Å². The number of halogens is 4. The number of anilines is 1. The molecule has 0 radical (unpaired) electrons. The van der Waals surface area contributed by atoms with Gasteiger partial charge in [-0.2, -0.15) is 13.2 Å². The highest BCUT2D eigenvalue weighted by molar-refractivity contribution is 9.10. The fourth-order valence-electron chi connectivity index (χ4n) is 3.98. The molecule has 0 saturated heterocycles. The summed E-state index contributed by atoms with van der Waals surface area (Å²) in [6.07, 6.45) is -4.74. The minimum Gasteiger partial charge on any atom is -0.352 e. The molecule has 0 aliphatic rings. The smallest absolute Gasteiger partial charge is 0.352 e. The van der Waals surface area contributed by atoms with Gasteiger partial charge in [-0.1, -0.05) is 51.8 Å². The van der Waals surface area contributed by atoms with Crippen molar-refractivity contribution in [2.45, 2.75) is 57.4 Å². The summed E-state index contributed by atoms with van der Waals surface area (Å²) in [6, 6.07) is 15.3. The lowest BCUT2D eigenvalue weighted by Gasteiger charge is -2.32. The van der Waals surface area contributed by atoms with E-state index in [1.165, 1.54) is 30.0 Å². The standard InChI is InChI=1S/C29H31BrF3N3O4S/c1-19(2)34-28(38)21(4)35(17-22-10-12-24(30)13-11-22)27(37)18-36(25-7-5-6-23(16-25)29(31,32)33)41(39,40)26-14-8-20(3)9-15-26/h5-16,19,21H,17-18H2,1-4H3,(H,34,38)/t21-/m0/s1. The van der Waals surface area contributed by atoms with E-state index in [2.05, 4.69) is 21.2 Å². The number of aryl methyl sites for hydroxylation is 1. The van der Waals surface area contributed by atoms with Crippen LogP contribution in [0.1, 0.15) is 37.5 Å². The van der Waals surface area contributed by atoms with Gasteiger partial charge in [0.15, 0.2) is 0 Å². The second kappa shape index (κ2) is 13.1. The van der Waals surface area contributed by atoms with Crippen molar-refractivity contribution in [3.63, 3.8) is 0 Å². The number of rotatable bonds is 10. The molecule has 3 aromatic rings. The van der Waals surface area contributed by atoms with E-state index >= 15 is 0 Å². The van der Waals surface area contributed by atoms with E-state index in [-0.39, 0.29) is 23.2 Å². The van der Waals surface area contributed by atoms with Gasteiger partial charge in [0.05, 0.1) is 16.1 Å². The van der Waals surface area contributed by atoms with Gasteiger partial charge >= 0.3 is 6.18 Å². The van der Waals surface area contributed by atoms with Crippen LogP contribution in [0.2, 0.25) is 0 Å². The number of nitrogens with zero attached hydrogens (tertiary/aromatic N) is 2. The van der Waals surface area contributed by atoms with Gasteiger partial charge in [-0.05, 0) is 75.7 Å². The molecule has 7 nitrogen and oxygen atoms in total. The van der Waals surface area contributed by atoms with Crippen LogP contribution < -0.4 is 9.62 Å². The maximum absolute atomic E-state index is 13.9. The van der Waals surface area contributed by atoms with E-state index in [1.54, 1.807) is 57.2 Å². The van der Waals surface area contributed by atoms with Crippen molar-refractivity contribution >= 4 is 43.5 Å². The topological polar surface area (TPSA) is 86.8 Å². The highest BCUT2D eigenvalue weighted by Crippen LogP contribution is 2.33. The summed E-state index contributed by atoms with van der Waals surface area (Å²) in [7, 11) is -4.49. The van der Waals surface area contributed by atoms with Crippen LogP contribution in [0.5, 0.6) is 0 Å². The summed E-state index contributed by atoms with van der Waals surface area (Å²) >= 11 is 3.35. The SMILES string of the molecule is Cc1ccc(S(=O)(=O)N(CC(=O)N(Cc2ccc(Br)cc2)[C@@H](C)C(=O)NC(C)C)c2cccc(C(F)(F)F)c2)cc1. The van der Waals surface area contributed by atoms with Crippen LogP contribution in [-0.2, 0) is 32.3 Å². The zero-order valence-corrected chi connectivity index (χ0v) is 25.3. The number of benzene rings is 3. The van der Waals surface area contributed by atoms with Crippen molar-refractivity contribution in [3.05, 3.63) is 94.0 Å². The monoisotopic (exact) mass is 653 g/mol. The first-order chi connectivity index (χ1) is 19.1. The Morgan fingerprint density at radius 1 is 0.951 bits per heavy atom. The molecule has 0 bridgehead atoms. The molecule has 3 rings (SSSR count). The number of sulfonamides is 1. The zero-order chi connectivity index (χ0) is 30.5. The molecule has 0 heterocycles. The first kappa shape index (κ1) is 32.1. The molecule has 0 saturated carbocycles. The van der Waals surface area contributed by atoms with Gasteiger partial charge < -0.3 is 10.2 Å². The predicted octanol–water partition coefficient (Wildman–Crippen LogP) is 5.91. The molecule has 1 N–H and O–H groups in total. The van der Waals surface area contributed by atoms with E-state index in [9.17, 15) is 31.2 Å². The Morgan fingerprint density at radius 3 is 2.12 bits per heavy atom. The average molecular weight is 655 g/mol. The van der Waals surface area contributed by atoms with Gasteiger partial charge in [-0.25, -0.2) is 8.42 Å². The summed E-state index contributed by atoms with van der Waals surface area (Å²) < 4.78 is 69.7. The largest absolute Gasteiger partial charge is 0.416 e. The van der Waals surface area contributed by atoms with Crippen LogP contribution in [0.15, 0.2) is 82.2 Å². The Kier molecular flexibility index (Phi) is 10.2. The third-order valence-corrected chi connectivity index (χ3v) is 8.53. The van der Waals surface area contributed by atoms with Crippen LogP contribution >= 0.6 is 15.9 Å². The van der Waals surface area contributed by atoms with E-state index in [0.29, 0.717) is 15.9 Å². The lowest BCUT2D eigenvalue weighted by molar-refractivity contribution is -0.139. The molecular formula is C29H31BrF3N3O4S. The summed E-state index contributed by atoms with van der Waals surface area (Å²) in [4.78, 5) is 27.8. The molecule has 220 valence electrons. The van der Waals surface area contributed by atoms with E-state index < -0.39 is 46.2 Å². The number of alkyl halides is 3. The Bertz CT molecular complexity index is 1480. The van der Waals surface area contributed by atoms with Gasteiger partial charge in [0.1, 0.15) is 12.6 Å². The Morgan fingerprint density at radius 2 is 1.56 bits per heavy atom. The average Bonchev–Trinajstić information content (AvgIpc) is 2.90. The highest BCUT2D eigenvalue weighted by atomic mass is 79.9. The molecule has 0 aliphatic heterocycles. The van der Waals surface area contributed by atoms with Crippen molar-refractivity contribution in [2.75, 3.05) is 10.8 Å². The Balaban J connectivity index is 2.09. The van der Waals surface area contributed by atoms with Gasteiger partial charge in [0.25, 0.3) is 10.0 Å². The number of hydrogen-bond donors (Lipinski definition) is 1. The molecule has 0 spiro atoms. The van der Waals surface area contributed by atoms with Crippen LogP contribution in [0.3, 0.4) is 0 Å². The van der Waals surface area contributed by atoms with Crippen LogP contribution in [0, 0.1) is 6.92 Å². The van der Waals surface area contributed by atoms with Crippen molar-refractivity contribution in [2.24, 2.45) is 0 Å². The van der Waals surface area contributed by atoms with Gasteiger partial charge in [0.2, 0.25) is 11.8 Å². The predicted molar refractivity (Wildman–Crippen MR) is 155 cm³/mol. The number of hydrogen-bond acceptors (Lipinski definition) is 4. The lowest BCUT2D eigenvalue weighted by atomic mass is 10.1. The van der Waals surface area contributed by atoms with Crippen LogP contribution in [0.25, 0.3) is 0 Å². The van der Waals surface area contributed by atoms with Gasteiger partial charge in [-0.15, -0.1) is 0 Å². The molecule has 3 aromatic carbocycles. The molecule has 1 atom stereocenters. The maximum Gasteiger partial charge on any atom is 0.416 e. The number of nitrogens with one attached hydrogen (secondary N) is 1. The zero-order valence-electron chi connectivity index (χ0n) is 22.9. The van der Waals surface area contributed by atoms with Crippen molar-refractivity contribution in [1.29, 1.82) is 0 Å². The summed E-state index contributed by atoms with van der Waals surface area (Å²) in [5.41, 5.74) is 0.0358. The van der Waals surface area contributed by atoms with Crippen molar-refractivity contribution in [1.82, 2.24) is 10.2 Å². The molecule has 0 fully saturated rings. The van der Waals surface area contributed by atoms with Crippen LogP contribution in [-0.4, -0.2) is 43.8 Å². The lowest BCUT2D eigenvalue weighted by Crippen LogP contribution is -2.52. The quantitative estimate of drug-likeness (QED) is 0.295. The molecule has 0 unspecified atom stereocenters. The first-order valence-corrected chi connectivity index (χ1v) is 14.9. The molecule has 12 heteroatoms. The molecule has 41 heavy (non-hydrogen) atoms. The first-order valence-electron chi connectivity index (χ1n) is 12.7. The molecule has 0 aliphatic carbocycles. The number of amides is 2. The number of carbonyl (C=O) groups is 2. The molecule has 2 amide bonds. The third-order valence-electron chi connectivity index (χ3n) is 6.21. The molecular weight excluding hydrogens is 623 g/mol. The number of carbonyl (C=O) groups excluding carboxylic acids is 2. The highest BCUT2D eigenvalue weighted by Gasteiger charge is 2.35. The van der Waals surface area contributed by atoms with Gasteiger partial charge in [0, 0.05) is 17.1 Å². The second-order valence-electron chi connectivity index (χ2n) is 9.86. The maximum atomic E-state index is 13.9. The van der Waals surface area contributed by atoms with E-state index in [0.717, 1.165) is 22.2 Å². The Labute approximate surface area is 246 Å². The molecule has 0 aromatic heterocycles. The van der Waals surface area contributed by atoms with E-state index in [1.807, 2.05) is 0 Å². The fourth-order valence-corrected chi connectivity index (χ4v) is 5.65. The minimum atomic E-state index is -4.74. The normalized spacial score (nSPS) is 12.6. The fraction of sp³-hybridized carbons (Fsp3) is 0.310. The second-order valence-corrected chi connectivity index (χ2v) is 12.6. The summed E-state index contributed by atoms with van der Waals surface area (Å²) in [5, 5.41) is 2.75. The Hall–Kier alpha value is -3.38. The van der Waals surface area contributed by atoms with Gasteiger partial charge in [-0.3, -0.25) is 13.9 Å². The summed E-state index contributed by atoms with van der Waals surface area (Å²) in [6.45, 7) is 5.91. The van der Waals surface area contributed by atoms with Crippen molar-refractivity contribution in [3.8, 4) is 0 Å². The minimum absolute atomic E-state index is 0.0419. The van der Waals surface area contributed by atoms with E-state index in [4.69, 9.17) is 0 Å².